The lowest BCUT2D eigenvalue weighted by Crippen LogP contribution is -2.10. The summed E-state index contributed by atoms with van der Waals surface area (Å²) in [6.45, 7) is 11.4. The van der Waals surface area contributed by atoms with Gasteiger partial charge in [-0.05, 0) is 30.6 Å². The minimum atomic E-state index is 0.502. The molecule has 0 saturated heterocycles. The van der Waals surface area contributed by atoms with Crippen LogP contribution in [0.3, 0.4) is 0 Å². The third-order valence-corrected chi connectivity index (χ3v) is 1.60. The predicted octanol–water partition coefficient (Wildman–Crippen LogP) is 3.67. The quantitative estimate of drug-likeness (QED) is 0.562. The molecule has 1 unspecified atom stereocenters. The topological polar surface area (TPSA) is 0 Å². The van der Waals surface area contributed by atoms with Crippen molar-refractivity contribution in [3.63, 3.8) is 0 Å². The first-order valence-corrected chi connectivity index (χ1v) is 4.23. The van der Waals surface area contributed by atoms with Crippen LogP contribution in [-0.4, -0.2) is 0 Å². The Hall–Kier alpha value is 0. The van der Waals surface area contributed by atoms with Gasteiger partial charge >= 0.3 is 0 Å². The third-order valence-electron chi connectivity index (χ3n) is 1.60. The van der Waals surface area contributed by atoms with Gasteiger partial charge in [-0.3, -0.25) is 0 Å². The van der Waals surface area contributed by atoms with Crippen molar-refractivity contribution < 1.29 is 0 Å². The zero-order chi connectivity index (χ0) is 8.20. The maximum Gasteiger partial charge on any atom is -0.0380 e. The monoisotopic (exact) mass is 141 g/mol. The summed E-state index contributed by atoms with van der Waals surface area (Å²) in [6.07, 6.45) is 4.85. The first-order valence-electron chi connectivity index (χ1n) is 4.23. The van der Waals surface area contributed by atoms with E-state index in [2.05, 4.69) is 41.0 Å². The SMILES string of the molecule is C[CH]CC(C)CC(C)(C)C. The fraction of sp³-hybridized carbons (Fsp3) is 0.900. The molecule has 1 atom stereocenters. The molecule has 0 heterocycles. The van der Waals surface area contributed by atoms with Crippen molar-refractivity contribution in [3.05, 3.63) is 6.42 Å². The summed E-state index contributed by atoms with van der Waals surface area (Å²) in [5, 5.41) is 0. The summed E-state index contributed by atoms with van der Waals surface area (Å²) in [7, 11) is 0. The Balaban J connectivity index is 3.47. The van der Waals surface area contributed by atoms with Crippen molar-refractivity contribution in [2.45, 2.75) is 47.5 Å². The average molecular weight is 141 g/mol. The smallest absolute Gasteiger partial charge is 0.0380 e. The molecular formula is C10H21. The number of hydrogen-bond acceptors (Lipinski definition) is 0. The standard InChI is InChI=1S/C10H21/c1-6-7-9(2)8-10(3,4)5/h6,9H,7-8H2,1-5H3. The average Bonchev–Trinajstić information content (AvgIpc) is 1.59. The summed E-state index contributed by atoms with van der Waals surface area (Å²) in [5.74, 6) is 0.852. The highest BCUT2D eigenvalue weighted by molar-refractivity contribution is 4.70. The van der Waals surface area contributed by atoms with E-state index in [0.29, 0.717) is 5.41 Å². The second kappa shape index (κ2) is 4.00. The van der Waals surface area contributed by atoms with Gasteiger partial charge in [-0.2, -0.15) is 0 Å². The van der Waals surface area contributed by atoms with Gasteiger partial charge in [0.2, 0.25) is 0 Å². The minimum Gasteiger partial charge on any atom is -0.0625 e. The van der Waals surface area contributed by atoms with Crippen LogP contribution in [0.15, 0.2) is 0 Å². The third kappa shape index (κ3) is 6.12. The van der Waals surface area contributed by atoms with Gasteiger partial charge in [-0.25, -0.2) is 0 Å². The molecule has 0 aliphatic carbocycles. The summed E-state index contributed by atoms with van der Waals surface area (Å²) in [6, 6.07) is 0. The Morgan fingerprint density at radius 2 is 1.80 bits per heavy atom. The van der Waals surface area contributed by atoms with Crippen LogP contribution in [0.5, 0.6) is 0 Å². The van der Waals surface area contributed by atoms with Gasteiger partial charge < -0.3 is 0 Å². The Bertz CT molecular complexity index is 76.5. The van der Waals surface area contributed by atoms with Crippen LogP contribution in [0.4, 0.5) is 0 Å². The van der Waals surface area contributed by atoms with E-state index in [4.69, 9.17) is 0 Å². The molecule has 0 aliphatic rings. The van der Waals surface area contributed by atoms with E-state index in [9.17, 15) is 0 Å². The van der Waals surface area contributed by atoms with Gasteiger partial charge in [-0.15, -0.1) is 0 Å². The first kappa shape index (κ1) is 10.0. The molecule has 0 nitrogen and oxygen atoms in total. The lowest BCUT2D eigenvalue weighted by Gasteiger charge is -2.22. The van der Waals surface area contributed by atoms with Gasteiger partial charge in [0.25, 0.3) is 0 Å². The maximum atomic E-state index is 2.32. The van der Waals surface area contributed by atoms with E-state index in [1.807, 2.05) is 0 Å². The van der Waals surface area contributed by atoms with E-state index < -0.39 is 0 Å². The molecule has 0 rings (SSSR count). The molecular weight excluding hydrogens is 120 g/mol. The lowest BCUT2D eigenvalue weighted by atomic mass is 9.84. The predicted molar refractivity (Wildman–Crippen MR) is 47.8 cm³/mol. The zero-order valence-electron chi connectivity index (χ0n) is 8.07. The van der Waals surface area contributed by atoms with Gasteiger partial charge in [0, 0.05) is 0 Å². The summed E-state index contributed by atoms with van der Waals surface area (Å²) in [4.78, 5) is 0. The zero-order valence-corrected chi connectivity index (χ0v) is 8.07. The lowest BCUT2D eigenvalue weighted by molar-refractivity contribution is 0.305. The normalized spacial score (nSPS) is 15.3. The van der Waals surface area contributed by atoms with Crippen LogP contribution >= 0.6 is 0 Å². The van der Waals surface area contributed by atoms with E-state index in [0.717, 1.165) is 5.92 Å². The maximum absolute atomic E-state index is 2.32. The van der Waals surface area contributed by atoms with Crippen LogP contribution < -0.4 is 0 Å². The van der Waals surface area contributed by atoms with Crippen LogP contribution in [-0.2, 0) is 0 Å². The molecule has 0 aromatic carbocycles. The van der Waals surface area contributed by atoms with Gasteiger partial charge in [0.1, 0.15) is 0 Å². The molecule has 0 fully saturated rings. The largest absolute Gasteiger partial charge is 0.0625 e. The summed E-state index contributed by atoms with van der Waals surface area (Å²) < 4.78 is 0. The Morgan fingerprint density at radius 3 is 2.10 bits per heavy atom. The van der Waals surface area contributed by atoms with E-state index in [-0.39, 0.29) is 0 Å². The minimum absolute atomic E-state index is 0.502. The molecule has 0 spiro atoms. The second-order valence-electron chi connectivity index (χ2n) is 4.51. The molecule has 0 heteroatoms. The second-order valence-corrected chi connectivity index (χ2v) is 4.51. The first-order chi connectivity index (χ1) is 4.45. The van der Waals surface area contributed by atoms with Crippen molar-refractivity contribution in [1.29, 1.82) is 0 Å². The van der Waals surface area contributed by atoms with Crippen LogP contribution in [0.1, 0.15) is 47.5 Å². The molecule has 61 valence electrons. The Morgan fingerprint density at radius 1 is 1.30 bits per heavy atom. The van der Waals surface area contributed by atoms with Crippen molar-refractivity contribution in [1.82, 2.24) is 0 Å². The van der Waals surface area contributed by atoms with Gasteiger partial charge in [0.05, 0.1) is 0 Å². The van der Waals surface area contributed by atoms with Crippen molar-refractivity contribution >= 4 is 0 Å². The highest BCUT2D eigenvalue weighted by Gasteiger charge is 2.13. The Kier molecular flexibility index (Phi) is 4.00. The molecule has 0 bridgehead atoms. The number of hydrogen-bond donors (Lipinski definition) is 0. The Labute approximate surface area is 66.0 Å². The summed E-state index contributed by atoms with van der Waals surface area (Å²) in [5.41, 5.74) is 0.502. The van der Waals surface area contributed by atoms with E-state index in [1.54, 1.807) is 0 Å². The van der Waals surface area contributed by atoms with E-state index >= 15 is 0 Å². The van der Waals surface area contributed by atoms with Crippen LogP contribution in [0.25, 0.3) is 0 Å². The molecule has 0 saturated carbocycles. The molecule has 0 amide bonds. The van der Waals surface area contributed by atoms with Crippen molar-refractivity contribution in [3.8, 4) is 0 Å². The fourth-order valence-electron chi connectivity index (χ4n) is 1.53. The van der Waals surface area contributed by atoms with Gasteiger partial charge in [0.15, 0.2) is 0 Å². The highest BCUT2D eigenvalue weighted by Crippen LogP contribution is 2.26. The number of rotatable bonds is 3. The molecule has 0 aromatic rings. The van der Waals surface area contributed by atoms with E-state index in [1.165, 1.54) is 12.8 Å². The molecule has 1 radical (unpaired) electrons. The molecule has 10 heavy (non-hydrogen) atoms. The summed E-state index contributed by atoms with van der Waals surface area (Å²) >= 11 is 0. The molecule has 0 aliphatic heterocycles. The van der Waals surface area contributed by atoms with Crippen molar-refractivity contribution in [2.75, 3.05) is 0 Å². The molecule has 0 N–H and O–H groups in total. The van der Waals surface area contributed by atoms with Crippen LogP contribution in [0.2, 0.25) is 0 Å². The fourth-order valence-corrected chi connectivity index (χ4v) is 1.53. The van der Waals surface area contributed by atoms with Gasteiger partial charge in [-0.1, -0.05) is 34.6 Å². The van der Waals surface area contributed by atoms with Crippen molar-refractivity contribution in [2.24, 2.45) is 11.3 Å². The van der Waals surface area contributed by atoms with Crippen LogP contribution in [0, 0.1) is 17.8 Å². The molecule has 0 aromatic heterocycles. The highest BCUT2D eigenvalue weighted by atomic mass is 14.2.